The predicted molar refractivity (Wildman–Crippen MR) is 75.8 cm³/mol. The Morgan fingerprint density at radius 1 is 1.53 bits per heavy atom. The molecule has 1 amide bonds. The first-order chi connectivity index (χ1) is 7.91. The van der Waals surface area contributed by atoms with Gasteiger partial charge in [0.25, 0.3) is 5.91 Å². The number of halogens is 3. The topological polar surface area (TPSA) is 29.1 Å². The van der Waals surface area contributed by atoms with Crippen molar-refractivity contribution in [1.29, 1.82) is 0 Å². The second-order valence-electron chi connectivity index (χ2n) is 4.05. The largest absolute Gasteiger partial charge is 0.347 e. The van der Waals surface area contributed by atoms with E-state index >= 15 is 0 Å². The third-order valence-electron chi connectivity index (χ3n) is 2.74. The Bertz CT molecular complexity index is 407. The average molecular weight is 315 g/mol. The van der Waals surface area contributed by atoms with Crippen molar-refractivity contribution < 1.29 is 4.79 Å². The summed E-state index contributed by atoms with van der Waals surface area (Å²) in [7, 11) is 0. The molecule has 1 aromatic heterocycles. The molecule has 1 N–H and O–H groups in total. The fourth-order valence-corrected chi connectivity index (χ4v) is 3.25. The minimum atomic E-state index is -0.309. The first kappa shape index (κ1) is 15.1. The highest BCUT2D eigenvalue weighted by Gasteiger charge is 2.25. The first-order valence-corrected chi connectivity index (χ1v) is 7.36. The Hall–Kier alpha value is 0.0400. The van der Waals surface area contributed by atoms with E-state index in [0.29, 0.717) is 26.5 Å². The van der Waals surface area contributed by atoms with Gasteiger partial charge in [0, 0.05) is 11.4 Å². The van der Waals surface area contributed by atoms with Crippen LogP contribution in [0.3, 0.4) is 0 Å². The summed E-state index contributed by atoms with van der Waals surface area (Å²) in [4.78, 5) is 12.0. The molecule has 0 saturated carbocycles. The Labute approximate surface area is 120 Å². The van der Waals surface area contributed by atoms with Crippen LogP contribution in [-0.4, -0.2) is 17.3 Å². The van der Waals surface area contributed by atoms with Crippen LogP contribution in [-0.2, 0) is 0 Å². The van der Waals surface area contributed by atoms with E-state index in [1.165, 1.54) is 11.3 Å². The van der Waals surface area contributed by atoms with Gasteiger partial charge < -0.3 is 5.32 Å². The van der Waals surface area contributed by atoms with E-state index < -0.39 is 0 Å². The lowest BCUT2D eigenvalue weighted by Crippen LogP contribution is -2.45. The van der Waals surface area contributed by atoms with Crippen LogP contribution in [0.1, 0.15) is 37.0 Å². The van der Waals surface area contributed by atoms with Gasteiger partial charge in [-0.2, -0.15) is 0 Å². The molecule has 1 heterocycles. The fourth-order valence-electron chi connectivity index (χ4n) is 1.37. The second kappa shape index (κ2) is 6.28. The molecule has 17 heavy (non-hydrogen) atoms. The molecule has 0 spiro atoms. The van der Waals surface area contributed by atoms with E-state index in [-0.39, 0.29) is 11.4 Å². The molecular formula is C11H14Cl3NOS. The molecule has 6 heteroatoms. The lowest BCUT2D eigenvalue weighted by molar-refractivity contribution is 0.0902. The minimum absolute atomic E-state index is 0.201. The summed E-state index contributed by atoms with van der Waals surface area (Å²) in [5, 5.41) is 2.95. The van der Waals surface area contributed by atoms with E-state index in [4.69, 9.17) is 34.8 Å². The highest BCUT2D eigenvalue weighted by atomic mass is 35.5. The molecule has 96 valence electrons. The van der Waals surface area contributed by atoms with Gasteiger partial charge in [0.1, 0.15) is 4.34 Å². The van der Waals surface area contributed by atoms with Crippen molar-refractivity contribution in [2.24, 2.45) is 0 Å². The number of alkyl halides is 1. The first-order valence-electron chi connectivity index (χ1n) is 5.25. The van der Waals surface area contributed by atoms with Gasteiger partial charge >= 0.3 is 0 Å². The van der Waals surface area contributed by atoms with Crippen molar-refractivity contribution in [3.05, 3.63) is 20.3 Å². The molecule has 0 aliphatic rings. The zero-order chi connectivity index (χ0) is 13.1. The lowest BCUT2D eigenvalue weighted by Gasteiger charge is -2.28. The Morgan fingerprint density at radius 3 is 2.59 bits per heavy atom. The van der Waals surface area contributed by atoms with Crippen molar-refractivity contribution >= 4 is 52.0 Å². The number of nitrogens with one attached hydrogen (secondary N) is 1. The summed E-state index contributed by atoms with van der Waals surface area (Å²) < 4.78 is 0.924. The van der Waals surface area contributed by atoms with Crippen LogP contribution in [0.2, 0.25) is 8.67 Å². The average Bonchev–Trinajstić information content (AvgIpc) is 2.58. The molecule has 1 unspecified atom stereocenters. The van der Waals surface area contributed by atoms with Gasteiger partial charge in [-0.15, -0.1) is 22.9 Å². The molecule has 0 radical (unpaired) electrons. The zero-order valence-electron chi connectivity index (χ0n) is 9.65. The summed E-state index contributed by atoms with van der Waals surface area (Å²) in [6.07, 6.45) is 1.52. The highest BCUT2D eigenvalue weighted by Crippen LogP contribution is 2.31. The van der Waals surface area contributed by atoms with Gasteiger partial charge in [-0.05, 0) is 25.8 Å². The number of thiophene rings is 1. The third kappa shape index (κ3) is 4.02. The van der Waals surface area contributed by atoms with E-state index in [0.717, 1.165) is 6.42 Å². The van der Waals surface area contributed by atoms with Crippen LogP contribution in [0, 0.1) is 0 Å². The van der Waals surface area contributed by atoms with Crippen LogP contribution in [0.25, 0.3) is 0 Å². The van der Waals surface area contributed by atoms with Gasteiger partial charge in [0.2, 0.25) is 0 Å². The molecule has 0 saturated heterocycles. The Balaban J connectivity index is 2.81. The highest BCUT2D eigenvalue weighted by molar-refractivity contribution is 7.20. The van der Waals surface area contributed by atoms with Crippen LogP contribution in [0.15, 0.2) is 6.07 Å². The maximum absolute atomic E-state index is 12.0. The lowest BCUT2D eigenvalue weighted by atomic mass is 9.95. The Kier molecular flexibility index (Phi) is 5.58. The molecule has 0 bridgehead atoms. The minimum Gasteiger partial charge on any atom is -0.347 e. The molecule has 2 nitrogen and oxygen atoms in total. The molecular weight excluding hydrogens is 301 g/mol. The zero-order valence-corrected chi connectivity index (χ0v) is 12.7. The van der Waals surface area contributed by atoms with Gasteiger partial charge in [-0.25, -0.2) is 0 Å². The number of hydrogen-bond acceptors (Lipinski definition) is 2. The van der Waals surface area contributed by atoms with Crippen molar-refractivity contribution in [1.82, 2.24) is 5.32 Å². The quantitative estimate of drug-likeness (QED) is 0.792. The third-order valence-corrected chi connectivity index (χ3v) is 4.42. The monoisotopic (exact) mass is 313 g/mol. The number of carbonyl (C=O) groups is 1. The van der Waals surface area contributed by atoms with Crippen molar-refractivity contribution in [3.8, 4) is 0 Å². The van der Waals surface area contributed by atoms with Crippen molar-refractivity contribution in [2.75, 3.05) is 5.88 Å². The van der Waals surface area contributed by atoms with Crippen LogP contribution in [0.5, 0.6) is 0 Å². The van der Waals surface area contributed by atoms with Gasteiger partial charge in [0.05, 0.1) is 9.90 Å². The van der Waals surface area contributed by atoms with Crippen LogP contribution < -0.4 is 5.32 Å². The number of carbonyl (C=O) groups excluding carboxylic acids is 1. The molecule has 0 fully saturated rings. The molecule has 0 aliphatic carbocycles. The maximum atomic E-state index is 12.0. The number of rotatable bonds is 5. The summed E-state index contributed by atoms with van der Waals surface area (Å²) >= 11 is 18.7. The molecule has 1 aromatic rings. The normalized spacial score (nSPS) is 14.4. The van der Waals surface area contributed by atoms with Gasteiger partial charge in [-0.1, -0.05) is 30.1 Å². The van der Waals surface area contributed by atoms with E-state index in [1.54, 1.807) is 6.07 Å². The van der Waals surface area contributed by atoms with Gasteiger partial charge in [0.15, 0.2) is 0 Å². The van der Waals surface area contributed by atoms with Gasteiger partial charge in [-0.3, -0.25) is 4.79 Å². The summed E-state index contributed by atoms with van der Waals surface area (Å²) in [5.74, 6) is 0.301. The predicted octanol–water partition coefficient (Wildman–Crippen LogP) is 4.58. The standard InChI is InChI=1S/C11H14Cl3NOS/c1-3-11(2,4-5-12)15-10(16)7-6-8(13)17-9(7)14/h6H,3-5H2,1-2H3,(H,15,16). The molecule has 1 atom stereocenters. The second-order valence-corrected chi connectivity index (χ2v) is 6.71. The summed E-state index contributed by atoms with van der Waals surface area (Å²) in [6, 6.07) is 1.58. The van der Waals surface area contributed by atoms with E-state index in [2.05, 4.69) is 5.32 Å². The smallest absolute Gasteiger partial charge is 0.254 e. The molecule has 0 aliphatic heterocycles. The van der Waals surface area contributed by atoms with E-state index in [9.17, 15) is 4.79 Å². The Morgan fingerprint density at radius 2 is 2.18 bits per heavy atom. The summed E-state index contributed by atoms with van der Waals surface area (Å²) in [6.45, 7) is 3.98. The molecule has 0 aromatic carbocycles. The maximum Gasteiger partial charge on any atom is 0.254 e. The van der Waals surface area contributed by atoms with Crippen LogP contribution >= 0.6 is 46.1 Å². The summed E-state index contributed by atoms with van der Waals surface area (Å²) in [5.41, 5.74) is 0.118. The van der Waals surface area contributed by atoms with E-state index in [1.807, 2.05) is 13.8 Å². The number of amides is 1. The van der Waals surface area contributed by atoms with Crippen molar-refractivity contribution in [2.45, 2.75) is 32.2 Å². The number of hydrogen-bond donors (Lipinski definition) is 1. The molecule has 1 rings (SSSR count). The fraction of sp³-hybridized carbons (Fsp3) is 0.545. The SMILES string of the molecule is CCC(C)(CCCl)NC(=O)c1cc(Cl)sc1Cl. The van der Waals surface area contributed by atoms with Crippen molar-refractivity contribution in [3.63, 3.8) is 0 Å². The van der Waals surface area contributed by atoms with Crippen LogP contribution in [0.4, 0.5) is 0 Å².